The Labute approximate surface area is 129 Å². The molecule has 0 spiro atoms. The minimum atomic E-state index is -2.97. The molecule has 1 aliphatic carbocycles. The van der Waals surface area contributed by atoms with Gasteiger partial charge in [-0.3, -0.25) is 0 Å². The lowest BCUT2D eigenvalue weighted by molar-refractivity contribution is 0.234. The van der Waals surface area contributed by atoms with E-state index in [4.69, 9.17) is 0 Å². The predicted molar refractivity (Wildman–Crippen MR) is 83.7 cm³/mol. The van der Waals surface area contributed by atoms with Crippen LogP contribution in [0, 0.1) is 11.8 Å². The molecule has 1 unspecified atom stereocenters. The van der Waals surface area contributed by atoms with Crippen molar-refractivity contribution in [1.82, 2.24) is 9.62 Å². The molecule has 3 aliphatic rings. The van der Waals surface area contributed by atoms with Crippen LogP contribution in [-0.2, 0) is 10.0 Å². The average molecular weight is 323 g/mol. The minimum absolute atomic E-state index is 0. The number of halogens is 1. The van der Waals surface area contributed by atoms with E-state index in [0.29, 0.717) is 23.6 Å². The van der Waals surface area contributed by atoms with Gasteiger partial charge in [0.2, 0.25) is 10.0 Å². The number of nitrogens with one attached hydrogen (secondary N) is 1. The van der Waals surface area contributed by atoms with Crippen molar-refractivity contribution in [3.05, 3.63) is 0 Å². The molecule has 0 radical (unpaired) electrons. The number of hydrogen-bond acceptors (Lipinski definition) is 3. The highest BCUT2D eigenvalue weighted by molar-refractivity contribution is 7.89. The van der Waals surface area contributed by atoms with Crippen molar-refractivity contribution in [2.24, 2.45) is 11.8 Å². The lowest BCUT2D eigenvalue weighted by Gasteiger charge is -2.34. The zero-order valence-corrected chi connectivity index (χ0v) is 13.7. The van der Waals surface area contributed by atoms with Crippen LogP contribution in [0.4, 0.5) is 0 Å². The van der Waals surface area contributed by atoms with Crippen LogP contribution >= 0.6 is 12.4 Å². The minimum Gasteiger partial charge on any atom is -0.314 e. The maximum atomic E-state index is 12.3. The molecule has 0 aromatic rings. The molecule has 6 heteroatoms. The van der Waals surface area contributed by atoms with Gasteiger partial charge in [0, 0.05) is 19.1 Å². The summed E-state index contributed by atoms with van der Waals surface area (Å²) in [6.45, 7) is 2.64. The van der Waals surface area contributed by atoms with E-state index < -0.39 is 10.0 Å². The van der Waals surface area contributed by atoms with Gasteiger partial charge in [0.05, 0.1) is 5.75 Å². The van der Waals surface area contributed by atoms with Gasteiger partial charge in [-0.05, 0) is 50.5 Å². The fourth-order valence-corrected chi connectivity index (χ4v) is 5.18. The first kappa shape index (κ1) is 16.5. The normalized spacial score (nSPS) is 29.3. The van der Waals surface area contributed by atoms with Crippen LogP contribution in [0.2, 0.25) is 0 Å². The second-order valence-corrected chi connectivity index (χ2v) is 8.58. The van der Waals surface area contributed by atoms with Crippen LogP contribution in [-0.4, -0.2) is 44.2 Å². The van der Waals surface area contributed by atoms with Crippen LogP contribution in [0.3, 0.4) is 0 Å². The highest BCUT2D eigenvalue weighted by atomic mass is 35.5. The number of sulfonamides is 1. The van der Waals surface area contributed by atoms with Crippen LogP contribution in [0.25, 0.3) is 0 Å². The first-order valence-corrected chi connectivity index (χ1v) is 9.47. The van der Waals surface area contributed by atoms with E-state index in [1.165, 1.54) is 25.7 Å². The van der Waals surface area contributed by atoms with Gasteiger partial charge >= 0.3 is 0 Å². The number of hydrogen-bond donors (Lipinski definition) is 1. The third-order valence-corrected chi connectivity index (χ3v) is 6.94. The molecule has 4 nitrogen and oxygen atoms in total. The molecule has 0 aromatic carbocycles. The largest absolute Gasteiger partial charge is 0.314 e. The summed E-state index contributed by atoms with van der Waals surface area (Å²) < 4.78 is 26.3. The van der Waals surface area contributed by atoms with Gasteiger partial charge < -0.3 is 5.32 Å². The topological polar surface area (TPSA) is 49.4 Å². The van der Waals surface area contributed by atoms with Gasteiger partial charge in [0.15, 0.2) is 0 Å². The summed E-state index contributed by atoms with van der Waals surface area (Å²) in [6.07, 6.45) is 8.01. The molecule has 2 saturated heterocycles. The molecule has 1 N–H and O–H groups in total. The Morgan fingerprint density at radius 2 is 1.75 bits per heavy atom. The second-order valence-electron chi connectivity index (χ2n) is 6.49. The summed E-state index contributed by atoms with van der Waals surface area (Å²) in [5, 5.41) is 3.56. The maximum Gasteiger partial charge on any atom is 0.214 e. The van der Waals surface area contributed by atoms with Crippen molar-refractivity contribution >= 4 is 22.4 Å². The van der Waals surface area contributed by atoms with E-state index in [1.807, 2.05) is 0 Å². The van der Waals surface area contributed by atoms with E-state index in [-0.39, 0.29) is 12.4 Å². The average Bonchev–Trinajstić information content (AvgIpc) is 3.09. The number of nitrogens with zero attached hydrogens (tertiary/aromatic N) is 1. The predicted octanol–water partition coefficient (Wildman–Crippen LogP) is 2.00. The molecule has 0 bridgehead atoms. The molecular formula is C14H27ClN2O2S. The Bertz CT molecular complexity index is 397. The van der Waals surface area contributed by atoms with Crippen LogP contribution in [0.5, 0.6) is 0 Å². The van der Waals surface area contributed by atoms with Crippen LogP contribution in [0.1, 0.15) is 44.9 Å². The Kier molecular flexibility index (Phi) is 5.74. The Morgan fingerprint density at radius 1 is 1.05 bits per heavy atom. The zero-order chi connectivity index (χ0) is 13.3. The molecular weight excluding hydrogens is 296 g/mol. The molecule has 1 atom stereocenters. The first-order chi connectivity index (χ1) is 9.15. The van der Waals surface area contributed by atoms with Crippen molar-refractivity contribution in [2.75, 3.05) is 25.4 Å². The number of piperidine rings is 1. The smallest absolute Gasteiger partial charge is 0.214 e. The lowest BCUT2D eigenvalue weighted by Crippen LogP contribution is -2.44. The molecule has 3 fully saturated rings. The van der Waals surface area contributed by atoms with E-state index >= 15 is 0 Å². The summed E-state index contributed by atoms with van der Waals surface area (Å²) in [5.41, 5.74) is 0. The quantitative estimate of drug-likeness (QED) is 0.842. The summed E-state index contributed by atoms with van der Waals surface area (Å²) in [5.74, 6) is 1.77. The standard InChI is InChI=1S/C14H26N2O2S.ClH/c17-19(18,11-7-12-3-4-12)16-9-5-13(6-10-16)14-2-1-8-15-14;/h12-15H,1-11H2;1H. The summed E-state index contributed by atoms with van der Waals surface area (Å²) in [7, 11) is -2.97. The summed E-state index contributed by atoms with van der Waals surface area (Å²) in [4.78, 5) is 0. The van der Waals surface area contributed by atoms with E-state index in [9.17, 15) is 8.42 Å². The van der Waals surface area contributed by atoms with Gasteiger partial charge in [-0.2, -0.15) is 0 Å². The third-order valence-electron chi connectivity index (χ3n) is 5.04. The van der Waals surface area contributed by atoms with Crippen molar-refractivity contribution in [2.45, 2.75) is 51.0 Å². The fourth-order valence-electron chi connectivity index (χ4n) is 3.52. The Hall–Kier alpha value is 0.160. The van der Waals surface area contributed by atoms with Crippen molar-refractivity contribution in [3.8, 4) is 0 Å². The maximum absolute atomic E-state index is 12.3. The molecule has 3 rings (SSSR count). The highest BCUT2D eigenvalue weighted by Gasteiger charge is 2.33. The second kappa shape index (κ2) is 6.95. The highest BCUT2D eigenvalue weighted by Crippen LogP contribution is 2.33. The van der Waals surface area contributed by atoms with Crippen molar-refractivity contribution < 1.29 is 8.42 Å². The van der Waals surface area contributed by atoms with Gasteiger partial charge in [0.1, 0.15) is 0 Å². The van der Waals surface area contributed by atoms with Gasteiger partial charge in [-0.15, -0.1) is 12.4 Å². The zero-order valence-electron chi connectivity index (χ0n) is 12.1. The van der Waals surface area contributed by atoms with Gasteiger partial charge in [-0.1, -0.05) is 12.8 Å². The molecule has 2 heterocycles. The number of rotatable bonds is 5. The monoisotopic (exact) mass is 322 g/mol. The van der Waals surface area contributed by atoms with Crippen LogP contribution < -0.4 is 5.32 Å². The molecule has 2 aliphatic heterocycles. The van der Waals surface area contributed by atoms with Crippen molar-refractivity contribution in [3.63, 3.8) is 0 Å². The molecule has 0 aromatic heterocycles. The van der Waals surface area contributed by atoms with E-state index in [0.717, 1.165) is 38.9 Å². The molecule has 20 heavy (non-hydrogen) atoms. The Morgan fingerprint density at radius 3 is 2.30 bits per heavy atom. The van der Waals surface area contributed by atoms with E-state index in [1.54, 1.807) is 4.31 Å². The molecule has 118 valence electrons. The first-order valence-electron chi connectivity index (χ1n) is 7.86. The fraction of sp³-hybridized carbons (Fsp3) is 1.00. The van der Waals surface area contributed by atoms with Gasteiger partial charge in [0.25, 0.3) is 0 Å². The summed E-state index contributed by atoms with van der Waals surface area (Å²) >= 11 is 0. The third kappa shape index (κ3) is 4.09. The van der Waals surface area contributed by atoms with Crippen molar-refractivity contribution in [1.29, 1.82) is 0 Å². The van der Waals surface area contributed by atoms with E-state index in [2.05, 4.69) is 5.32 Å². The molecule has 1 saturated carbocycles. The Balaban J connectivity index is 0.00000147. The van der Waals surface area contributed by atoms with Crippen LogP contribution in [0.15, 0.2) is 0 Å². The summed E-state index contributed by atoms with van der Waals surface area (Å²) in [6, 6.07) is 0.649. The SMILES string of the molecule is Cl.O=S(=O)(CCC1CC1)N1CCC(C2CCCN2)CC1. The van der Waals surface area contributed by atoms with Gasteiger partial charge in [-0.25, -0.2) is 12.7 Å². The lowest BCUT2D eigenvalue weighted by atomic mass is 9.89. The molecule has 0 amide bonds.